The molecule has 0 amide bonds. The normalized spacial score (nSPS) is 12.6. The predicted octanol–water partition coefficient (Wildman–Crippen LogP) is 3.11. The minimum atomic E-state index is -0.131. The Bertz CT molecular complexity index is 551. The molecule has 0 aliphatic rings. The van der Waals surface area contributed by atoms with Gasteiger partial charge in [-0.2, -0.15) is 4.98 Å². The minimum absolute atomic E-state index is 0.131. The number of nitrogens with two attached hydrogens (primary N) is 1. The molecule has 0 spiro atoms. The molecule has 0 radical (unpaired) electrons. The largest absolute Gasteiger partial charge is 0.398 e. The molecule has 2 aromatic rings. The average Bonchev–Trinajstić information content (AvgIpc) is 2.88. The van der Waals surface area contributed by atoms with Gasteiger partial charge in [-0.25, -0.2) is 0 Å². The number of nitrogens with zero attached hydrogens (tertiary/aromatic N) is 2. The zero-order valence-electron chi connectivity index (χ0n) is 11.5. The molecule has 0 saturated heterocycles. The smallest absolute Gasteiger partial charge is 0.260 e. The number of para-hydroxylation sites is 1. The Balaban J connectivity index is 2.32. The van der Waals surface area contributed by atoms with Gasteiger partial charge in [0.25, 0.3) is 5.89 Å². The van der Waals surface area contributed by atoms with Gasteiger partial charge in [0.05, 0.1) is 5.56 Å². The molecule has 0 aliphatic heterocycles. The molecule has 1 aromatic carbocycles. The van der Waals surface area contributed by atoms with Gasteiger partial charge < -0.3 is 15.0 Å². The monoisotopic (exact) mass is 261 g/mol. The van der Waals surface area contributed by atoms with Gasteiger partial charge in [-0.3, -0.25) is 0 Å². The Morgan fingerprint density at radius 3 is 2.84 bits per heavy atom. The van der Waals surface area contributed by atoms with Crippen LogP contribution in [0.3, 0.4) is 0 Å². The minimum Gasteiger partial charge on any atom is -0.398 e. The van der Waals surface area contributed by atoms with Gasteiger partial charge in [0.15, 0.2) is 0 Å². The Morgan fingerprint density at radius 1 is 1.37 bits per heavy atom. The summed E-state index contributed by atoms with van der Waals surface area (Å²) < 4.78 is 10.9. The first-order valence-corrected chi connectivity index (χ1v) is 6.48. The van der Waals surface area contributed by atoms with E-state index in [0.717, 1.165) is 17.5 Å². The molecule has 1 atom stereocenters. The maximum absolute atomic E-state index is 6.03. The highest BCUT2D eigenvalue weighted by atomic mass is 16.5. The number of nitrogen functional groups attached to an aromatic ring is 1. The number of hydrogen-bond acceptors (Lipinski definition) is 5. The zero-order chi connectivity index (χ0) is 13.8. The first-order valence-electron chi connectivity index (χ1n) is 6.48. The van der Waals surface area contributed by atoms with E-state index in [9.17, 15) is 0 Å². The number of ether oxygens (including phenoxy) is 1. The number of aromatic nitrogens is 2. The van der Waals surface area contributed by atoms with Crippen molar-refractivity contribution in [3.8, 4) is 11.5 Å². The van der Waals surface area contributed by atoms with Crippen molar-refractivity contribution >= 4 is 5.69 Å². The van der Waals surface area contributed by atoms with E-state index in [-0.39, 0.29) is 6.10 Å². The zero-order valence-corrected chi connectivity index (χ0v) is 11.5. The lowest BCUT2D eigenvalue weighted by molar-refractivity contribution is 0.0518. The van der Waals surface area contributed by atoms with Gasteiger partial charge in [-0.1, -0.05) is 24.2 Å². The van der Waals surface area contributed by atoms with E-state index in [0.29, 0.717) is 24.0 Å². The summed E-state index contributed by atoms with van der Waals surface area (Å²) in [6.45, 7) is 6.54. The molecule has 5 nitrogen and oxygen atoms in total. The van der Waals surface area contributed by atoms with E-state index in [1.54, 1.807) is 0 Å². The maximum atomic E-state index is 6.03. The van der Waals surface area contributed by atoms with Crippen LogP contribution in [0.25, 0.3) is 11.5 Å². The van der Waals surface area contributed by atoms with Crippen LogP contribution in [0.2, 0.25) is 0 Å². The molecule has 102 valence electrons. The molecule has 1 unspecified atom stereocenters. The van der Waals surface area contributed by atoms with Gasteiger partial charge in [-0.05, 0) is 31.9 Å². The highest BCUT2D eigenvalue weighted by molar-refractivity contribution is 5.73. The van der Waals surface area contributed by atoms with Gasteiger partial charge in [0, 0.05) is 12.3 Å². The van der Waals surface area contributed by atoms with E-state index < -0.39 is 0 Å². The maximum Gasteiger partial charge on any atom is 0.260 e. The predicted molar refractivity (Wildman–Crippen MR) is 73.5 cm³/mol. The van der Waals surface area contributed by atoms with E-state index in [1.165, 1.54) is 0 Å². The molecule has 1 aromatic heterocycles. The first kappa shape index (κ1) is 13.5. The Kier molecular flexibility index (Phi) is 4.16. The molecule has 19 heavy (non-hydrogen) atoms. The van der Waals surface area contributed by atoms with Crippen LogP contribution in [0.15, 0.2) is 22.7 Å². The molecular weight excluding hydrogens is 242 g/mol. The van der Waals surface area contributed by atoms with Crippen LogP contribution in [-0.4, -0.2) is 16.7 Å². The number of aryl methyl sites for hydroxylation is 1. The SMILES string of the molecule is CCOC(CC)c1noc(-c2cccc(C)c2N)n1. The Morgan fingerprint density at radius 2 is 2.16 bits per heavy atom. The summed E-state index contributed by atoms with van der Waals surface area (Å²) in [4.78, 5) is 4.39. The molecule has 1 heterocycles. The lowest BCUT2D eigenvalue weighted by Crippen LogP contribution is -2.04. The fraction of sp³-hybridized carbons (Fsp3) is 0.429. The summed E-state index contributed by atoms with van der Waals surface area (Å²) in [6.07, 6.45) is 0.671. The second-order valence-corrected chi connectivity index (χ2v) is 4.35. The third-order valence-corrected chi connectivity index (χ3v) is 3.02. The van der Waals surface area contributed by atoms with Crippen LogP contribution in [0, 0.1) is 6.92 Å². The van der Waals surface area contributed by atoms with Crippen LogP contribution in [0.4, 0.5) is 5.69 Å². The second-order valence-electron chi connectivity index (χ2n) is 4.35. The van der Waals surface area contributed by atoms with Crippen LogP contribution >= 0.6 is 0 Å². The first-order chi connectivity index (χ1) is 9.17. The molecule has 0 saturated carbocycles. The van der Waals surface area contributed by atoms with Gasteiger partial charge in [0.2, 0.25) is 5.82 Å². The van der Waals surface area contributed by atoms with Gasteiger partial charge in [0.1, 0.15) is 6.10 Å². The number of rotatable bonds is 5. The molecular formula is C14H19N3O2. The van der Waals surface area contributed by atoms with Crippen molar-refractivity contribution in [2.45, 2.75) is 33.3 Å². The van der Waals surface area contributed by atoms with E-state index in [1.807, 2.05) is 39.0 Å². The van der Waals surface area contributed by atoms with Crippen LogP contribution in [0.5, 0.6) is 0 Å². The summed E-state index contributed by atoms with van der Waals surface area (Å²) in [6, 6.07) is 5.75. The van der Waals surface area contributed by atoms with Crippen molar-refractivity contribution in [2.24, 2.45) is 0 Å². The van der Waals surface area contributed by atoms with Crippen molar-refractivity contribution in [1.82, 2.24) is 10.1 Å². The molecule has 2 rings (SSSR count). The Hall–Kier alpha value is -1.88. The summed E-state index contributed by atoms with van der Waals surface area (Å²) in [7, 11) is 0. The summed E-state index contributed by atoms with van der Waals surface area (Å²) in [5, 5.41) is 3.99. The molecule has 2 N–H and O–H groups in total. The van der Waals surface area contributed by atoms with E-state index >= 15 is 0 Å². The van der Waals surface area contributed by atoms with Crippen molar-refractivity contribution in [1.29, 1.82) is 0 Å². The van der Waals surface area contributed by atoms with Gasteiger partial charge >= 0.3 is 0 Å². The third-order valence-electron chi connectivity index (χ3n) is 3.02. The lowest BCUT2D eigenvalue weighted by Gasteiger charge is -2.09. The molecule has 0 bridgehead atoms. The van der Waals surface area contributed by atoms with Crippen LogP contribution in [0.1, 0.15) is 37.8 Å². The van der Waals surface area contributed by atoms with E-state index in [2.05, 4.69) is 10.1 Å². The topological polar surface area (TPSA) is 74.2 Å². The number of benzene rings is 1. The van der Waals surface area contributed by atoms with Crippen molar-refractivity contribution in [2.75, 3.05) is 12.3 Å². The number of hydrogen-bond donors (Lipinski definition) is 1. The second kappa shape index (κ2) is 5.84. The fourth-order valence-electron chi connectivity index (χ4n) is 1.92. The fourth-order valence-corrected chi connectivity index (χ4v) is 1.92. The Labute approximate surface area is 112 Å². The van der Waals surface area contributed by atoms with Crippen molar-refractivity contribution in [3.63, 3.8) is 0 Å². The van der Waals surface area contributed by atoms with Crippen molar-refractivity contribution in [3.05, 3.63) is 29.6 Å². The summed E-state index contributed by atoms with van der Waals surface area (Å²) >= 11 is 0. The molecule has 0 fully saturated rings. The number of anilines is 1. The summed E-state index contributed by atoms with van der Waals surface area (Å²) in [5.74, 6) is 1.01. The van der Waals surface area contributed by atoms with Crippen LogP contribution < -0.4 is 5.73 Å². The molecule has 5 heteroatoms. The lowest BCUT2D eigenvalue weighted by atomic mass is 10.1. The highest BCUT2D eigenvalue weighted by Gasteiger charge is 2.18. The highest BCUT2D eigenvalue weighted by Crippen LogP contribution is 2.28. The molecule has 0 aliphatic carbocycles. The average molecular weight is 261 g/mol. The standard InChI is InChI=1S/C14H19N3O2/c1-4-11(18-5-2)13-16-14(19-17-13)10-8-6-7-9(3)12(10)15/h6-8,11H,4-5,15H2,1-3H3. The van der Waals surface area contributed by atoms with Crippen LogP contribution in [-0.2, 0) is 4.74 Å². The summed E-state index contributed by atoms with van der Waals surface area (Å²) in [5.41, 5.74) is 8.46. The third kappa shape index (κ3) is 2.76. The van der Waals surface area contributed by atoms with Crippen molar-refractivity contribution < 1.29 is 9.26 Å². The van der Waals surface area contributed by atoms with Gasteiger partial charge in [-0.15, -0.1) is 0 Å². The quantitative estimate of drug-likeness (QED) is 0.837. The van der Waals surface area contributed by atoms with E-state index in [4.69, 9.17) is 15.0 Å².